The molecule has 114 valence electrons. The summed E-state index contributed by atoms with van der Waals surface area (Å²) in [5.41, 5.74) is 3.40. The topological polar surface area (TPSA) is 58.0 Å². The number of ether oxygens (including phenoxy) is 1. The first-order valence-corrected chi connectivity index (χ1v) is 8.17. The van der Waals surface area contributed by atoms with Crippen LogP contribution in [-0.4, -0.2) is 30.0 Å². The fourth-order valence-electron chi connectivity index (χ4n) is 2.40. The summed E-state index contributed by atoms with van der Waals surface area (Å²) in [6.07, 6.45) is 2.87. The second-order valence-electron chi connectivity index (χ2n) is 5.24. The molecule has 1 aliphatic heterocycles. The van der Waals surface area contributed by atoms with E-state index < -0.39 is 0 Å². The molecular formula is C16H22BrN3O. The van der Waals surface area contributed by atoms with Gasteiger partial charge in [0, 0.05) is 18.4 Å². The van der Waals surface area contributed by atoms with E-state index in [1.165, 1.54) is 0 Å². The molecule has 1 unspecified atom stereocenters. The number of hydrogen-bond donors (Lipinski definition) is 2. The lowest BCUT2D eigenvalue weighted by atomic mass is 10.0. The van der Waals surface area contributed by atoms with Crippen molar-refractivity contribution in [2.24, 2.45) is 0 Å². The standard InChI is InChI=1S/C16H22BrN3O/c1-3-13(18)11(2)16(14-7-4-8-15(17)20-14)19-12-6-5-9-21-10-12/h4,7-8,12,18-19H,3,5-6,9-10H2,1-2H3/b16-11-,18-13?. The van der Waals surface area contributed by atoms with E-state index in [4.69, 9.17) is 10.1 Å². The minimum Gasteiger partial charge on any atom is -0.379 e. The smallest absolute Gasteiger partial charge is 0.106 e. The van der Waals surface area contributed by atoms with E-state index in [9.17, 15) is 0 Å². The molecule has 4 nitrogen and oxygen atoms in total. The van der Waals surface area contributed by atoms with Crippen LogP contribution in [0.4, 0.5) is 0 Å². The lowest BCUT2D eigenvalue weighted by Crippen LogP contribution is -2.36. The van der Waals surface area contributed by atoms with E-state index in [1.807, 2.05) is 32.0 Å². The van der Waals surface area contributed by atoms with Crippen LogP contribution in [-0.2, 0) is 4.74 Å². The highest BCUT2D eigenvalue weighted by Gasteiger charge is 2.18. The van der Waals surface area contributed by atoms with Crippen molar-refractivity contribution in [3.8, 4) is 0 Å². The monoisotopic (exact) mass is 351 g/mol. The van der Waals surface area contributed by atoms with Gasteiger partial charge in [-0.1, -0.05) is 13.0 Å². The van der Waals surface area contributed by atoms with Crippen molar-refractivity contribution in [2.45, 2.75) is 39.2 Å². The number of allylic oxidation sites excluding steroid dienone is 1. The van der Waals surface area contributed by atoms with Gasteiger partial charge in [-0.2, -0.15) is 0 Å². The molecule has 1 fully saturated rings. The van der Waals surface area contributed by atoms with Crippen LogP contribution >= 0.6 is 15.9 Å². The molecule has 1 saturated heterocycles. The minimum atomic E-state index is 0.286. The summed E-state index contributed by atoms with van der Waals surface area (Å²) >= 11 is 3.42. The van der Waals surface area contributed by atoms with Crippen LogP contribution in [0.1, 0.15) is 38.8 Å². The normalized spacial score (nSPS) is 19.9. The van der Waals surface area contributed by atoms with E-state index in [0.717, 1.165) is 41.0 Å². The lowest BCUT2D eigenvalue weighted by molar-refractivity contribution is 0.0756. The summed E-state index contributed by atoms with van der Waals surface area (Å²) in [4.78, 5) is 4.54. The molecule has 0 bridgehead atoms. The minimum absolute atomic E-state index is 0.286. The molecule has 2 heterocycles. The number of aromatic nitrogens is 1. The molecule has 5 heteroatoms. The van der Waals surface area contributed by atoms with Crippen LogP contribution in [0.15, 0.2) is 28.4 Å². The van der Waals surface area contributed by atoms with Gasteiger partial charge in [0.25, 0.3) is 0 Å². The van der Waals surface area contributed by atoms with Crippen LogP contribution < -0.4 is 5.32 Å². The van der Waals surface area contributed by atoms with Crippen molar-refractivity contribution >= 4 is 27.3 Å². The number of pyridine rings is 1. The Bertz CT molecular complexity index is 536. The van der Waals surface area contributed by atoms with Crippen molar-refractivity contribution in [1.29, 1.82) is 5.41 Å². The lowest BCUT2D eigenvalue weighted by Gasteiger charge is -2.26. The van der Waals surface area contributed by atoms with Gasteiger partial charge in [0.2, 0.25) is 0 Å². The summed E-state index contributed by atoms with van der Waals surface area (Å²) in [5.74, 6) is 0. The molecule has 0 amide bonds. The van der Waals surface area contributed by atoms with Gasteiger partial charge in [0.05, 0.1) is 18.0 Å². The van der Waals surface area contributed by atoms with Gasteiger partial charge < -0.3 is 15.5 Å². The Morgan fingerprint density at radius 3 is 2.95 bits per heavy atom. The molecular weight excluding hydrogens is 330 g/mol. The zero-order chi connectivity index (χ0) is 15.2. The first-order chi connectivity index (χ1) is 10.1. The fraction of sp³-hybridized carbons (Fsp3) is 0.500. The summed E-state index contributed by atoms with van der Waals surface area (Å²) in [5, 5.41) is 11.7. The van der Waals surface area contributed by atoms with E-state index in [2.05, 4.69) is 26.2 Å². The van der Waals surface area contributed by atoms with Crippen molar-refractivity contribution in [1.82, 2.24) is 10.3 Å². The first kappa shape index (κ1) is 16.2. The van der Waals surface area contributed by atoms with Crippen LogP contribution in [0, 0.1) is 5.41 Å². The maximum atomic E-state index is 8.13. The molecule has 1 aliphatic rings. The second kappa shape index (κ2) is 7.71. The molecule has 1 atom stereocenters. The highest BCUT2D eigenvalue weighted by atomic mass is 79.9. The summed E-state index contributed by atoms with van der Waals surface area (Å²) in [6, 6.07) is 6.14. The van der Waals surface area contributed by atoms with Crippen LogP contribution in [0.5, 0.6) is 0 Å². The van der Waals surface area contributed by atoms with Crippen LogP contribution in [0.25, 0.3) is 5.70 Å². The van der Waals surface area contributed by atoms with Gasteiger partial charge in [-0.15, -0.1) is 0 Å². The Morgan fingerprint density at radius 1 is 1.52 bits per heavy atom. The Balaban J connectivity index is 2.32. The average molecular weight is 352 g/mol. The molecule has 1 aromatic rings. The molecule has 0 aromatic carbocycles. The van der Waals surface area contributed by atoms with E-state index >= 15 is 0 Å². The van der Waals surface area contributed by atoms with Gasteiger partial charge in [-0.3, -0.25) is 0 Å². The average Bonchev–Trinajstić information content (AvgIpc) is 2.52. The summed E-state index contributed by atoms with van der Waals surface area (Å²) < 4.78 is 6.34. The van der Waals surface area contributed by atoms with E-state index in [1.54, 1.807) is 0 Å². The third-order valence-electron chi connectivity index (χ3n) is 3.66. The molecule has 21 heavy (non-hydrogen) atoms. The van der Waals surface area contributed by atoms with Crippen LogP contribution in [0.2, 0.25) is 0 Å². The molecule has 0 saturated carbocycles. The van der Waals surface area contributed by atoms with Crippen molar-refractivity contribution < 1.29 is 4.74 Å². The quantitative estimate of drug-likeness (QED) is 0.626. The summed E-state index contributed by atoms with van der Waals surface area (Å²) in [6.45, 7) is 5.54. The van der Waals surface area contributed by atoms with Crippen molar-refractivity contribution in [3.63, 3.8) is 0 Å². The Kier molecular flexibility index (Phi) is 5.94. The highest BCUT2D eigenvalue weighted by molar-refractivity contribution is 9.10. The van der Waals surface area contributed by atoms with Gasteiger partial charge >= 0.3 is 0 Å². The third-order valence-corrected chi connectivity index (χ3v) is 4.10. The summed E-state index contributed by atoms with van der Waals surface area (Å²) in [7, 11) is 0. The number of halogens is 1. The molecule has 1 aromatic heterocycles. The predicted molar refractivity (Wildman–Crippen MR) is 89.5 cm³/mol. The molecule has 2 rings (SSSR count). The van der Waals surface area contributed by atoms with Crippen molar-refractivity contribution in [2.75, 3.05) is 13.2 Å². The van der Waals surface area contributed by atoms with Crippen molar-refractivity contribution in [3.05, 3.63) is 34.1 Å². The van der Waals surface area contributed by atoms with Gasteiger partial charge in [-0.05, 0) is 59.8 Å². The maximum Gasteiger partial charge on any atom is 0.106 e. The van der Waals surface area contributed by atoms with Gasteiger partial charge in [0.1, 0.15) is 4.60 Å². The molecule has 0 spiro atoms. The molecule has 0 aliphatic carbocycles. The SMILES string of the molecule is CCC(=N)/C(C)=C(\NC1CCCOC1)c1cccc(Br)n1. The zero-order valence-electron chi connectivity index (χ0n) is 12.6. The molecule has 2 N–H and O–H groups in total. The van der Waals surface area contributed by atoms with E-state index in [-0.39, 0.29) is 6.04 Å². The Morgan fingerprint density at radius 2 is 2.33 bits per heavy atom. The van der Waals surface area contributed by atoms with E-state index in [0.29, 0.717) is 18.7 Å². The van der Waals surface area contributed by atoms with Gasteiger partial charge in [0.15, 0.2) is 0 Å². The Hall–Kier alpha value is -1.20. The maximum absolute atomic E-state index is 8.13. The molecule has 0 radical (unpaired) electrons. The highest BCUT2D eigenvalue weighted by Crippen LogP contribution is 2.20. The third kappa shape index (κ3) is 4.38. The Labute approximate surface area is 134 Å². The largest absolute Gasteiger partial charge is 0.379 e. The van der Waals surface area contributed by atoms with Crippen LogP contribution in [0.3, 0.4) is 0 Å². The fourth-order valence-corrected chi connectivity index (χ4v) is 2.74. The number of nitrogens with one attached hydrogen (secondary N) is 2. The first-order valence-electron chi connectivity index (χ1n) is 7.37. The predicted octanol–water partition coefficient (Wildman–Crippen LogP) is 3.77. The number of hydrogen-bond acceptors (Lipinski definition) is 4. The van der Waals surface area contributed by atoms with Gasteiger partial charge in [-0.25, -0.2) is 4.98 Å². The number of nitrogens with zero attached hydrogens (tertiary/aromatic N) is 1. The number of rotatable bonds is 5. The second-order valence-corrected chi connectivity index (χ2v) is 6.05. The zero-order valence-corrected chi connectivity index (χ0v) is 14.2.